The van der Waals surface area contributed by atoms with Gasteiger partial charge in [-0.05, 0) is 25.7 Å². The van der Waals surface area contributed by atoms with E-state index in [0.29, 0.717) is 0 Å². The summed E-state index contributed by atoms with van der Waals surface area (Å²) in [6.07, 6.45) is 14.0. The Bertz CT molecular complexity index is 128. The molecule has 0 aliphatic heterocycles. The minimum absolute atomic E-state index is 0. The second-order valence-corrected chi connectivity index (χ2v) is 2.14. The average Bonchev–Trinajstić information content (AvgIpc) is 2.26. The van der Waals surface area contributed by atoms with Crippen LogP contribution in [0.2, 0.25) is 0 Å². The summed E-state index contributed by atoms with van der Waals surface area (Å²) < 4.78 is 0. The van der Waals surface area contributed by atoms with Gasteiger partial charge in [0.1, 0.15) is 0 Å². The number of hydrogen-bond acceptors (Lipinski definition) is 3. The predicted molar refractivity (Wildman–Crippen MR) is 53.8 cm³/mol. The second-order valence-electron chi connectivity index (χ2n) is 2.14. The molecule has 0 N–H and O–H groups in total. The number of carbonyl (C=O) groups excluding carboxylic acids is 3. The van der Waals surface area contributed by atoms with Crippen molar-refractivity contribution < 1.29 is 33.9 Å². The smallest absolute Gasteiger partial charge is 0.281 e. The van der Waals surface area contributed by atoms with E-state index in [2.05, 4.69) is 44.7 Å². The maximum absolute atomic E-state index is 7.50. The summed E-state index contributed by atoms with van der Waals surface area (Å²) in [5, 5.41) is 0. The maximum Gasteiger partial charge on any atom is 0.281 e. The van der Waals surface area contributed by atoms with E-state index < -0.39 is 0 Å². The number of hydrogen-bond donors (Lipinski definition) is 0. The Morgan fingerprint density at radius 2 is 0.933 bits per heavy atom. The Kier molecular flexibility index (Phi) is 60.2. The molecule has 0 saturated carbocycles. The summed E-state index contributed by atoms with van der Waals surface area (Å²) in [6.45, 7) is 13.5. The van der Waals surface area contributed by atoms with Crippen LogP contribution in [0.25, 0.3) is 0 Å². The van der Waals surface area contributed by atoms with Crippen LogP contribution in [0.4, 0.5) is 0 Å². The minimum Gasteiger partial charge on any atom is -0.281 e. The maximum atomic E-state index is 7.50. The van der Waals surface area contributed by atoms with E-state index in [1.807, 2.05) is 0 Å². The Morgan fingerprint density at radius 3 is 1.20 bits per heavy atom. The van der Waals surface area contributed by atoms with Crippen molar-refractivity contribution >= 4 is 20.4 Å². The Balaban J connectivity index is -0.0000000755. The van der Waals surface area contributed by atoms with Gasteiger partial charge in [-0.3, -0.25) is 14.4 Å². The number of allylic oxidation sites excluding steroid dienone is 4. The first-order valence-corrected chi connectivity index (χ1v) is 3.93. The van der Waals surface area contributed by atoms with Crippen LogP contribution in [-0.2, 0) is 33.9 Å². The van der Waals surface area contributed by atoms with Gasteiger partial charge in [0.25, 0.3) is 20.4 Å². The van der Waals surface area contributed by atoms with Crippen molar-refractivity contribution in [1.82, 2.24) is 0 Å². The zero-order valence-corrected chi connectivity index (χ0v) is 9.95. The topological polar surface area (TPSA) is 51.2 Å². The van der Waals surface area contributed by atoms with Crippen molar-refractivity contribution in [3.8, 4) is 0 Å². The quantitative estimate of drug-likeness (QED) is 0.636. The average molecular weight is 293 g/mol. The fourth-order valence-corrected chi connectivity index (χ4v) is 0.874. The fourth-order valence-electron chi connectivity index (χ4n) is 0.874. The van der Waals surface area contributed by atoms with Gasteiger partial charge in [0.15, 0.2) is 0 Å². The Hall–Kier alpha value is -0.887. The van der Waals surface area contributed by atoms with E-state index in [1.54, 1.807) is 0 Å². The van der Waals surface area contributed by atoms with Gasteiger partial charge in [0.05, 0.1) is 0 Å². The molecule has 0 heterocycles. The zero-order chi connectivity index (χ0) is 11.7. The standard InChI is InChI=1S/C8H12.3CO.Ru/c1-2-4-6-8-7-5-3-1;3*1-2;/h1-4H,5-8H2;;;;/b3-1-,4-2-;;;;. The largest absolute Gasteiger partial charge is 0.281 e. The van der Waals surface area contributed by atoms with Gasteiger partial charge in [-0.25, -0.2) is 0 Å². The fraction of sp³-hybridized carbons (Fsp3) is 0.364. The predicted octanol–water partition coefficient (Wildman–Crippen LogP) is 1.48. The van der Waals surface area contributed by atoms with Crippen molar-refractivity contribution in [2.45, 2.75) is 25.7 Å². The molecule has 4 heteroatoms. The van der Waals surface area contributed by atoms with Gasteiger partial charge in [0, 0.05) is 19.5 Å². The molecule has 82 valence electrons. The normalized spacial score (nSPS) is 15.7. The third-order valence-electron chi connectivity index (χ3n) is 1.37. The van der Waals surface area contributed by atoms with Crippen molar-refractivity contribution in [2.75, 3.05) is 0 Å². The molecule has 1 aliphatic carbocycles. The molecule has 15 heavy (non-hydrogen) atoms. The molecular weight excluding hydrogens is 281 g/mol. The summed E-state index contributed by atoms with van der Waals surface area (Å²) in [4.78, 5) is 22.5. The molecule has 0 amide bonds. The van der Waals surface area contributed by atoms with Crippen LogP contribution in [0.15, 0.2) is 24.3 Å². The third-order valence-corrected chi connectivity index (χ3v) is 1.37. The first-order valence-electron chi connectivity index (χ1n) is 3.93. The monoisotopic (exact) mass is 294 g/mol. The van der Waals surface area contributed by atoms with Gasteiger partial charge in [-0.15, -0.1) is 0 Å². The van der Waals surface area contributed by atoms with Crippen molar-refractivity contribution in [3.63, 3.8) is 0 Å². The summed E-state index contributed by atoms with van der Waals surface area (Å²) in [5.74, 6) is 0. The molecule has 0 unspecified atom stereocenters. The molecule has 1 aliphatic rings. The van der Waals surface area contributed by atoms with Crippen LogP contribution in [0, 0.1) is 0 Å². The molecule has 0 spiro atoms. The van der Waals surface area contributed by atoms with Gasteiger partial charge < -0.3 is 0 Å². The van der Waals surface area contributed by atoms with Crippen LogP contribution in [-0.4, -0.2) is 20.4 Å². The summed E-state index contributed by atoms with van der Waals surface area (Å²) in [7, 11) is 0. The molecule has 0 bridgehead atoms. The van der Waals surface area contributed by atoms with E-state index in [-0.39, 0.29) is 19.5 Å². The zero-order valence-electron chi connectivity index (χ0n) is 8.22. The first-order chi connectivity index (χ1) is 7.00. The van der Waals surface area contributed by atoms with E-state index in [1.165, 1.54) is 25.7 Å². The van der Waals surface area contributed by atoms with Crippen LogP contribution in [0.5, 0.6) is 0 Å². The molecule has 6 radical (unpaired) electrons. The Labute approximate surface area is 104 Å². The molecule has 0 aromatic rings. The van der Waals surface area contributed by atoms with Gasteiger partial charge in [0.2, 0.25) is 0 Å². The SMILES string of the molecule is C1=C\CCCC\C=C/1.[C]=O.[C]=O.[C]=O.[Ru]. The summed E-state index contributed by atoms with van der Waals surface area (Å²) in [5.41, 5.74) is 0. The molecule has 1 rings (SSSR count). The van der Waals surface area contributed by atoms with E-state index in [0.717, 1.165) is 0 Å². The van der Waals surface area contributed by atoms with Crippen molar-refractivity contribution in [2.24, 2.45) is 0 Å². The summed E-state index contributed by atoms with van der Waals surface area (Å²) in [6, 6.07) is 0. The van der Waals surface area contributed by atoms with Crippen LogP contribution >= 0.6 is 0 Å². The molecule has 0 fully saturated rings. The molecular formula is C11H12O3Ru. The van der Waals surface area contributed by atoms with Crippen LogP contribution < -0.4 is 0 Å². The number of rotatable bonds is 0. The van der Waals surface area contributed by atoms with E-state index >= 15 is 0 Å². The molecule has 0 atom stereocenters. The van der Waals surface area contributed by atoms with Crippen LogP contribution in [0.1, 0.15) is 25.7 Å². The third kappa shape index (κ3) is 32.0. The second kappa shape index (κ2) is 38.0. The first kappa shape index (κ1) is 23.7. The Morgan fingerprint density at radius 1 is 0.667 bits per heavy atom. The van der Waals surface area contributed by atoms with E-state index in [9.17, 15) is 0 Å². The van der Waals surface area contributed by atoms with Gasteiger partial charge >= 0.3 is 0 Å². The van der Waals surface area contributed by atoms with E-state index in [4.69, 9.17) is 14.4 Å². The molecule has 0 aromatic carbocycles. The van der Waals surface area contributed by atoms with Gasteiger partial charge in [-0.1, -0.05) is 24.3 Å². The van der Waals surface area contributed by atoms with Crippen LogP contribution in [0.3, 0.4) is 0 Å². The molecule has 0 saturated heterocycles. The molecule has 3 nitrogen and oxygen atoms in total. The molecule has 0 aromatic heterocycles. The minimum atomic E-state index is 0. The van der Waals surface area contributed by atoms with Crippen molar-refractivity contribution in [3.05, 3.63) is 24.3 Å². The summed E-state index contributed by atoms with van der Waals surface area (Å²) >= 11 is 0. The van der Waals surface area contributed by atoms with Crippen molar-refractivity contribution in [1.29, 1.82) is 0 Å². The van der Waals surface area contributed by atoms with Gasteiger partial charge in [-0.2, -0.15) is 0 Å².